The number of fused-ring (bicyclic) bond motifs is 1. The van der Waals surface area contributed by atoms with E-state index in [0.717, 1.165) is 12.1 Å². The zero-order valence-corrected chi connectivity index (χ0v) is 20.3. The topological polar surface area (TPSA) is 113 Å². The van der Waals surface area contributed by atoms with Gasteiger partial charge in [-0.15, -0.1) is 0 Å². The fourth-order valence-electron chi connectivity index (χ4n) is 4.15. The summed E-state index contributed by atoms with van der Waals surface area (Å²) in [4.78, 5) is 27.3. The van der Waals surface area contributed by atoms with Gasteiger partial charge in [-0.3, -0.25) is 9.59 Å². The summed E-state index contributed by atoms with van der Waals surface area (Å²) in [6.45, 7) is 0.330. The average molecular weight is 527 g/mol. The van der Waals surface area contributed by atoms with E-state index in [-0.39, 0.29) is 23.7 Å². The summed E-state index contributed by atoms with van der Waals surface area (Å²) >= 11 is 0. The Morgan fingerprint density at radius 3 is 2.33 bits per heavy atom. The van der Waals surface area contributed by atoms with Crippen molar-refractivity contribution in [1.29, 1.82) is 0 Å². The molecular weight excluding hydrogens is 501 g/mol. The van der Waals surface area contributed by atoms with Crippen LogP contribution >= 0.6 is 0 Å². The molecule has 0 saturated heterocycles. The molecule has 2 atom stereocenters. The molecule has 12 heteroatoms. The highest BCUT2D eigenvalue weighted by molar-refractivity contribution is 7.92. The number of alkyl halides is 3. The molecule has 1 aliphatic carbocycles. The SMILES string of the molecule is COCC(=O)N1Cc2cc(S(=O)(=O)C3CC3)ccc2C1C(=O)Nc1ccc(C(C)(O)C(F)(F)F)cc1. The molecule has 1 fully saturated rings. The first-order valence-electron chi connectivity index (χ1n) is 11.1. The molecule has 1 aliphatic heterocycles. The number of anilines is 1. The molecular formula is C24H25F3N2O6S. The molecule has 8 nitrogen and oxygen atoms in total. The standard InChI is InChI=1S/C24H25F3N2O6S/c1-23(32,24(25,26)27)15-3-5-16(6-4-15)28-22(31)21-19-10-9-18(36(33,34)17-7-8-17)11-14(19)12-29(21)20(30)13-35-2/h3-6,9-11,17,21,32H,7-8,12-13H2,1-2H3,(H,28,31). The van der Waals surface area contributed by atoms with Gasteiger partial charge in [-0.2, -0.15) is 13.2 Å². The molecule has 0 radical (unpaired) electrons. The summed E-state index contributed by atoms with van der Waals surface area (Å²) in [5, 5.41) is 12.0. The second kappa shape index (κ2) is 9.16. The monoisotopic (exact) mass is 526 g/mol. The van der Waals surface area contributed by atoms with E-state index in [4.69, 9.17) is 4.74 Å². The summed E-state index contributed by atoms with van der Waals surface area (Å²) in [7, 11) is -2.15. The van der Waals surface area contributed by atoms with E-state index in [0.29, 0.717) is 30.9 Å². The van der Waals surface area contributed by atoms with Crippen molar-refractivity contribution in [3.8, 4) is 0 Å². The van der Waals surface area contributed by atoms with Crippen LogP contribution in [0.1, 0.15) is 42.5 Å². The Bertz CT molecular complexity index is 1290. The van der Waals surface area contributed by atoms with Gasteiger partial charge in [0.2, 0.25) is 5.91 Å². The van der Waals surface area contributed by atoms with E-state index in [1.54, 1.807) is 0 Å². The predicted molar refractivity (Wildman–Crippen MR) is 123 cm³/mol. The Morgan fingerprint density at radius 2 is 1.78 bits per heavy atom. The van der Waals surface area contributed by atoms with Crippen LogP contribution < -0.4 is 5.32 Å². The maximum absolute atomic E-state index is 13.2. The Kier molecular flexibility index (Phi) is 6.65. The number of aliphatic hydroxyl groups is 1. The number of carbonyl (C=O) groups is 2. The largest absolute Gasteiger partial charge is 0.421 e. The normalized spacial score (nSPS) is 19.5. The number of rotatable bonds is 7. The second-order valence-corrected chi connectivity index (χ2v) is 11.3. The summed E-state index contributed by atoms with van der Waals surface area (Å²) < 4.78 is 69.5. The molecule has 1 saturated carbocycles. The average Bonchev–Trinajstić information content (AvgIpc) is 3.59. The van der Waals surface area contributed by atoms with Crippen molar-refractivity contribution >= 4 is 27.3 Å². The Labute approximate surface area is 206 Å². The van der Waals surface area contributed by atoms with Gasteiger partial charge < -0.3 is 20.1 Å². The van der Waals surface area contributed by atoms with Gasteiger partial charge in [0.25, 0.3) is 5.91 Å². The van der Waals surface area contributed by atoms with Gasteiger partial charge in [0, 0.05) is 19.3 Å². The third-order valence-corrected chi connectivity index (χ3v) is 8.72. The van der Waals surface area contributed by atoms with Crippen molar-refractivity contribution in [1.82, 2.24) is 4.90 Å². The van der Waals surface area contributed by atoms with Gasteiger partial charge in [-0.05, 0) is 60.7 Å². The Balaban J connectivity index is 1.61. The molecule has 2 aliphatic rings. The minimum absolute atomic E-state index is 0.00295. The highest BCUT2D eigenvalue weighted by Crippen LogP contribution is 2.40. The molecule has 2 N–H and O–H groups in total. The number of benzene rings is 2. The maximum Gasteiger partial charge on any atom is 0.421 e. The minimum atomic E-state index is -4.89. The number of hydrogen-bond donors (Lipinski definition) is 2. The van der Waals surface area contributed by atoms with Crippen LogP contribution in [0.2, 0.25) is 0 Å². The number of carbonyl (C=O) groups excluding carboxylic acids is 2. The number of nitrogens with zero attached hydrogens (tertiary/aromatic N) is 1. The first kappa shape index (κ1) is 26.1. The Morgan fingerprint density at radius 1 is 1.14 bits per heavy atom. The van der Waals surface area contributed by atoms with Crippen LogP contribution in [0, 0.1) is 0 Å². The van der Waals surface area contributed by atoms with Crippen LogP contribution in [0.5, 0.6) is 0 Å². The lowest BCUT2D eigenvalue weighted by Crippen LogP contribution is -2.39. The van der Waals surface area contributed by atoms with Crippen LogP contribution in [-0.2, 0) is 36.3 Å². The lowest BCUT2D eigenvalue weighted by Gasteiger charge is -2.27. The van der Waals surface area contributed by atoms with Crippen molar-refractivity contribution in [3.05, 3.63) is 59.2 Å². The van der Waals surface area contributed by atoms with Gasteiger partial charge in [-0.25, -0.2) is 8.42 Å². The summed E-state index contributed by atoms with van der Waals surface area (Å²) in [5.74, 6) is -1.12. The Hall–Kier alpha value is -2.96. The maximum atomic E-state index is 13.2. The van der Waals surface area contributed by atoms with E-state index < -0.39 is 50.3 Å². The van der Waals surface area contributed by atoms with Crippen molar-refractivity contribution in [3.63, 3.8) is 0 Å². The lowest BCUT2D eigenvalue weighted by atomic mass is 9.95. The predicted octanol–water partition coefficient (Wildman–Crippen LogP) is 3.06. The van der Waals surface area contributed by atoms with Crippen molar-refractivity contribution in [2.45, 2.75) is 54.3 Å². The molecule has 2 aromatic rings. The molecule has 0 bridgehead atoms. The molecule has 4 rings (SSSR count). The third kappa shape index (κ3) is 4.72. The fourth-order valence-corrected chi connectivity index (χ4v) is 5.86. The highest BCUT2D eigenvalue weighted by Gasteiger charge is 2.51. The first-order valence-corrected chi connectivity index (χ1v) is 12.7. The number of ether oxygens (including phenoxy) is 1. The quantitative estimate of drug-likeness (QED) is 0.574. The summed E-state index contributed by atoms with van der Waals surface area (Å²) in [6, 6.07) is 7.86. The number of halogens is 3. The van der Waals surface area contributed by atoms with E-state index in [1.165, 1.54) is 42.3 Å². The molecule has 36 heavy (non-hydrogen) atoms. The molecule has 2 aromatic carbocycles. The van der Waals surface area contributed by atoms with E-state index in [9.17, 15) is 36.3 Å². The third-order valence-electron chi connectivity index (χ3n) is 6.46. The zero-order chi connectivity index (χ0) is 26.5. The molecule has 0 aromatic heterocycles. The lowest BCUT2D eigenvalue weighted by molar-refractivity contribution is -0.258. The van der Waals surface area contributed by atoms with Crippen molar-refractivity contribution < 1.29 is 41.0 Å². The van der Waals surface area contributed by atoms with Crippen LogP contribution in [-0.4, -0.2) is 55.4 Å². The van der Waals surface area contributed by atoms with E-state index in [2.05, 4.69) is 5.32 Å². The molecule has 2 amide bonds. The van der Waals surface area contributed by atoms with Crippen molar-refractivity contribution in [2.24, 2.45) is 0 Å². The zero-order valence-electron chi connectivity index (χ0n) is 19.5. The van der Waals surface area contributed by atoms with Gasteiger partial charge in [-0.1, -0.05) is 18.2 Å². The second-order valence-electron chi connectivity index (χ2n) is 9.10. The van der Waals surface area contributed by atoms with E-state index >= 15 is 0 Å². The number of hydrogen-bond acceptors (Lipinski definition) is 6. The number of amides is 2. The van der Waals surface area contributed by atoms with Gasteiger partial charge in [0.1, 0.15) is 12.6 Å². The van der Waals surface area contributed by atoms with Crippen LogP contribution in [0.3, 0.4) is 0 Å². The molecule has 2 unspecified atom stereocenters. The van der Waals surface area contributed by atoms with Gasteiger partial charge >= 0.3 is 6.18 Å². The van der Waals surface area contributed by atoms with Crippen LogP contribution in [0.25, 0.3) is 0 Å². The fraction of sp³-hybridized carbons (Fsp3) is 0.417. The van der Waals surface area contributed by atoms with Crippen molar-refractivity contribution in [2.75, 3.05) is 19.0 Å². The minimum Gasteiger partial charge on any atom is -0.376 e. The number of methoxy groups -OCH3 is 1. The number of nitrogens with one attached hydrogen (secondary N) is 1. The first-order chi connectivity index (χ1) is 16.8. The van der Waals surface area contributed by atoms with Crippen LogP contribution in [0.4, 0.5) is 18.9 Å². The van der Waals surface area contributed by atoms with E-state index in [1.807, 2.05) is 0 Å². The highest BCUT2D eigenvalue weighted by atomic mass is 32.2. The smallest absolute Gasteiger partial charge is 0.376 e. The number of sulfone groups is 1. The molecule has 194 valence electrons. The molecule has 1 heterocycles. The summed E-state index contributed by atoms with van der Waals surface area (Å²) in [6.07, 6.45) is -3.69. The van der Waals surface area contributed by atoms with Crippen LogP contribution in [0.15, 0.2) is 47.4 Å². The summed E-state index contributed by atoms with van der Waals surface area (Å²) in [5.41, 5.74) is -2.36. The van der Waals surface area contributed by atoms with Gasteiger partial charge in [0.05, 0.1) is 10.1 Å². The van der Waals surface area contributed by atoms with Gasteiger partial charge in [0.15, 0.2) is 15.4 Å². The molecule has 0 spiro atoms.